The zero-order valence-electron chi connectivity index (χ0n) is 11.2. The maximum atomic E-state index is 12.1. The van der Waals surface area contributed by atoms with Crippen LogP contribution in [-0.2, 0) is 20.7 Å². The topological polar surface area (TPSA) is 56.3 Å². The van der Waals surface area contributed by atoms with Crippen LogP contribution in [0.1, 0.15) is 31.5 Å². The van der Waals surface area contributed by atoms with Crippen molar-refractivity contribution in [1.29, 1.82) is 0 Å². The standard InChI is InChI=1S/C13H19NO3S/c1-5-17-13(16)12(8(2)3)11(15)6-10-7-18-9(4)14-10/h7-8,12H,5-6H2,1-4H3. The predicted octanol–water partition coefficient (Wildman–Crippen LogP) is 2.40. The third-order valence-electron chi connectivity index (χ3n) is 2.58. The molecule has 0 aliphatic heterocycles. The number of nitrogens with zero attached hydrogens (tertiary/aromatic N) is 1. The third kappa shape index (κ3) is 3.91. The second-order valence-electron chi connectivity index (χ2n) is 4.47. The van der Waals surface area contributed by atoms with E-state index in [2.05, 4.69) is 4.98 Å². The van der Waals surface area contributed by atoms with Gasteiger partial charge in [-0.2, -0.15) is 0 Å². The summed E-state index contributed by atoms with van der Waals surface area (Å²) in [7, 11) is 0. The van der Waals surface area contributed by atoms with Gasteiger partial charge in [0.05, 0.1) is 23.7 Å². The molecule has 0 aliphatic carbocycles. The number of aromatic nitrogens is 1. The first kappa shape index (κ1) is 14.8. The number of Topliss-reactive ketones (excluding diaryl/α,β-unsaturated/α-hetero) is 1. The Hall–Kier alpha value is -1.23. The van der Waals surface area contributed by atoms with E-state index in [1.165, 1.54) is 11.3 Å². The normalized spacial score (nSPS) is 12.5. The number of ether oxygens (including phenoxy) is 1. The van der Waals surface area contributed by atoms with Crippen molar-refractivity contribution in [1.82, 2.24) is 4.98 Å². The number of aryl methyl sites for hydroxylation is 1. The number of rotatable bonds is 6. The maximum Gasteiger partial charge on any atom is 0.316 e. The maximum absolute atomic E-state index is 12.1. The van der Waals surface area contributed by atoms with E-state index >= 15 is 0 Å². The number of carbonyl (C=O) groups is 2. The molecule has 0 aromatic carbocycles. The number of hydrogen-bond acceptors (Lipinski definition) is 5. The SMILES string of the molecule is CCOC(=O)C(C(=O)Cc1csc(C)n1)C(C)C. The second kappa shape index (κ2) is 6.64. The highest BCUT2D eigenvalue weighted by Crippen LogP contribution is 2.18. The van der Waals surface area contributed by atoms with Crippen LogP contribution < -0.4 is 0 Å². The monoisotopic (exact) mass is 269 g/mol. The smallest absolute Gasteiger partial charge is 0.316 e. The van der Waals surface area contributed by atoms with Crippen LogP contribution in [0, 0.1) is 18.8 Å². The number of carbonyl (C=O) groups excluding carboxylic acids is 2. The van der Waals surface area contributed by atoms with Crippen molar-refractivity contribution in [2.75, 3.05) is 6.61 Å². The van der Waals surface area contributed by atoms with Crippen molar-refractivity contribution in [2.45, 2.75) is 34.1 Å². The van der Waals surface area contributed by atoms with Gasteiger partial charge in [-0.1, -0.05) is 13.8 Å². The molecule has 0 amide bonds. The first-order chi connectivity index (χ1) is 8.45. The predicted molar refractivity (Wildman–Crippen MR) is 70.5 cm³/mol. The summed E-state index contributed by atoms with van der Waals surface area (Å²) in [5.74, 6) is -1.29. The quantitative estimate of drug-likeness (QED) is 0.588. The molecule has 1 unspecified atom stereocenters. The number of hydrogen-bond donors (Lipinski definition) is 0. The summed E-state index contributed by atoms with van der Waals surface area (Å²) in [6, 6.07) is 0. The molecule has 0 radical (unpaired) electrons. The molecule has 0 aliphatic rings. The molecule has 0 spiro atoms. The Labute approximate surface area is 111 Å². The van der Waals surface area contributed by atoms with Crippen LogP contribution >= 0.6 is 11.3 Å². The highest BCUT2D eigenvalue weighted by molar-refractivity contribution is 7.09. The Morgan fingerprint density at radius 3 is 2.56 bits per heavy atom. The molecule has 100 valence electrons. The molecule has 0 saturated heterocycles. The zero-order chi connectivity index (χ0) is 13.7. The lowest BCUT2D eigenvalue weighted by atomic mass is 9.89. The van der Waals surface area contributed by atoms with E-state index in [-0.39, 0.29) is 18.1 Å². The summed E-state index contributed by atoms with van der Waals surface area (Å²) in [4.78, 5) is 28.1. The summed E-state index contributed by atoms with van der Waals surface area (Å²) >= 11 is 1.51. The zero-order valence-corrected chi connectivity index (χ0v) is 12.0. The van der Waals surface area contributed by atoms with Gasteiger partial charge < -0.3 is 4.74 Å². The van der Waals surface area contributed by atoms with Crippen LogP contribution in [0.15, 0.2) is 5.38 Å². The van der Waals surface area contributed by atoms with Crippen molar-refractivity contribution in [3.63, 3.8) is 0 Å². The minimum atomic E-state index is -0.688. The Morgan fingerprint density at radius 1 is 1.44 bits per heavy atom. The molecule has 5 heteroatoms. The van der Waals surface area contributed by atoms with Gasteiger partial charge in [-0.05, 0) is 19.8 Å². The highest BCUT2D eigenvalue weighted by atomic mass is 32.1. The van der Waals surface area contributed by atoms with Crippen molar-refractivity contribution in [2.24, 2.45) is 11.8 Å². The van der Waals surface area contributed by atoms with Gasteiger partial charge in [0.25, 0.3) is 0 Å². The molecule has 0 bridgehead atoms. The van der Waals surface area contributed by atoms with E-state index in [9.17, 15) is 9.59 Å². The summed E-state index contributed by atoms with van der Waals surface area (Å²) in [5, 5.41) is 2.78. The van der Waals surface area contributed by atoms with Crippen LogP contribution in [0.4, 0.5) is 0 Å². The van der Waals surface area contributed by atoms with Gasteiger partial charge in [0, 0.05) is 5.38 Å². The van der Waals surface area contributed by atoms with Gasteiger partial charge in [0.2, 0.25) is 0 Å². The molecule has 1 rings (SSSR count). The first-order valence-electron chi connectivity index (χ1n) is 6.06. The van der Waals surface area contributed by atoms with Crippen LogP contribution in [0.5, 0.6) is 0 Å². The Bertz CT molecular complexity index is 426. The van der Waals surface area contributed by atoms with Gasteiger partial charge >= 0.3 is 5.97 Å². The van der Waals surface area contributed by atoms with Gasteiger partial charge in [-0.25, -0.2) is 4.98 Å². The summed E-state index contributed by atoms with van der Waals surface area (Å²) < 4.78 is 4.95. The van der Waals surface area contributed by atoms with E-state index < -0.39 is 11.9 Å². The van der Waals surface area contributed by atoms with E-state index in [1.54, 1.807) is 6.92 Å². The average molecular weight is 269 g/mol. The minimum Gasteiger partial charge on any atom is -0.465 e. The van der Waals surface area contributed by atoms with Crippen LogP contribution in [0.25, 0.3) is 0 Å². The van der Waals surface area contributed by atoms with Crippen LogP contribution in [-0.4, -0.2) is 23.3 Å². The molecule has 0 fully saturated rings. The van der Waals surface area contributed by atoms with E-state index in [1.807, 2.05) is 26.2 Å². The van der Waals surface area contributed by atoms with Gasteiger partial charge in [0.1, 0.15) is 5.92 Å². The Kier molecular flexibility index (Phi) is 5.47. The Balaban J connectivity index is 2.74. The van der Waals surface area contributed by atoms with E-state index in [4.69, 9.17) is 4.74 Å². The lowest BCUT2D eigenvalue weighted by molar-refractivity contribution is -0.153. The van der Waals surface area contributed by atoms with Crippen LogP contribution in [0.2, 0.25) is 0 Å². The number of ketones is 1. The molecule has 18 heavy (non-hydrogen) atoms. The molecular weight excluding hydrogens is 250 g/mol. The summed E-state index contributed by atoms with van der Waals surface area (Å²) in [5.41, 5.74) is 0.734. The second-order valence-corrected chi connectivity index (χ2v) is 5.54. The third-order valence-corrected chi connectivity index (χ3v) is 3.40. The summed E-state index contributed by atoms with van der Waals surface area (Å²) in [6.07, 6.45) is 0.200. The van der Waals surface area contributed by atoms with Gasteiger partial charge in [0.15, 0.2) is 5.78 Å². The van der Waals surface area contributed by atoms with Gasteiger partial charge in [-0.3, -0.25) is 9.59 Å². The lowest BCUT2D eigenvalue weighted by Gasteiger charge is -2.17. The number of esters is 1. The van der Waals surface area contributed by atoms with Crippen LogP contribution in [0.3, 0.4) is 0 Å². The van der Waals surface area contributed by atoms with Gasteiger partial charge in [-0.15, -0.1) is 11.3 Å². The fourth-order valence-corrected chi connectivity index (χ4v) is 2.40. The molecule has 1 aromatic heterocycles. The lowest BCUT2D eigenvalue weighted by Crippen LogP contribution is -2.31. The molecule has 4 nitrogen and oxygen atoms in total. The Morgan fingerprint density at radius 2 is 2.11 bits per heavy atom. The fraction of sp³-hybridized carbons (Fsp3) is 0.615. The molecule has 0 saturated carbocycles. The van der Waals surface area contributed by atoms with Crippen molar-refractivity contribution >= 4 is 23.1 Å². The van der Waals surface area contributed by atoms with Crippen molar-refractivity contribution < 1.29 is 14.3 Å². The average Bonchev–Trinajstić information content (AvgIpc) is 2.63. The molecular formula is C13H19NO3S. The van der Waals surface area contributed by atoms with E-state index in [0.717, 1.165) is 10.7 Å². The molecule has 1 aromatic rings. The van der Waals surface area contributed by atoms with Crippen molar-refractivity contribution in [3.8, 4) is 0 Å². The van der Waals surface area contributed by atoms with E-state index in [0.29, 0.717) is 6.61 Å². The number of thiazole rings is 1. The molecule has 1 heterocycles. The minimum absolute atomic E-state index is 0.0590. The molecule has 1 atom stereocenters. The highest BCUT2D eigenvalue weighted by Gasteiger charge is 2.31. The largest absolute Gasteiger partial charge is 0.465 e. The molecule has 0 N–H and O–H groups in total. The summed E-state index contributed by atoms with van der Waals surface area (Å²) in [6.45, 7) is 7.64. The first-order valence-corrected chi connectivity index (χ1v) is 6.94. The van der Waals surface area contributed by atoms with Crippen molar-refractivity contribution in [3.05, 3.63) is 16.1 Å². The fourth-order valence-electron chi connectivity index (χ4n) is 1.79.